The number of rotatable bonds is 6. The predicted molar refractivity (Wildman–Crippen MR) is 103 cm³/mol. The Bertz CT molecular complexity index is 874. The highest BCUT2D eigenvalue weighted by molar-refractivity contribution is 7.98. The van der Waals surface area contributed by atoms with Crippen molar-refractivity contribution in [1.29, 1.82) is 0 Å². The zero-order chi connectivity index (χ0) is 17.6. The van der Waals surface area contributed by atoms with E-state index >= 15 is 0 Å². The van der Waals surface area contributed by atoms with Crippen LogP contribution >= 0.6 is 11.8 Å². The van der Waals surface area contributed by atoms with Gasteiger partial charge in [0.1, 0.15) is 5.75 Å². The van der Waals surface area contributed by atoms with Gasteiger partial charge in [-0.05, 0) is 30.7 Å². The molecule has 0 spiro atoms. The minimum absolute atomic E-state index is 0.372. The summed E-state index contributed by atoms with van der Waals surface area (Å²) in [5.41, 5.74) is 8.71. The fourth-order valence-electron chi connectivity index (χ4n) is 2.36. The van der Waals surface area contributed by atoms with Crippen molar-refractivity contribution in [3.63, 3.8) is 0 Å². The Morgan fingerprint density at radius 3 is 2.72 bits per heavy atom. The summed E-state index contributed by atoms with van der Waals surface area (Å²) in [7, 11) is 1.68. The number of thioether (sulfide) groups is 1. The Balaban J connectivity index is 1.74. The van der Waals surface area contributed by atoms with Gasteiger partial charge in [0.05, 0.1) is 25.2 Å². The summed E-state index contributed by atoms with van der Waals surface area (Å²) in [6, 6.07) is 16.4. The number of aromatic nitrogens is 2. The van der Waals surface area contributed by atoms with E-state index in [4.69, 9.17) is 10.5 Å². The molecule has 0 radical (unpaired) electrons. The molecule has 0 bridgehead atoms. The number of hydrogen-bond acceptors (Lipinski definition) is 5. The Morgan fingerprint density at radius 1 is 1.24 bits per heavy atom. The predicted octanol–water partition coefficient (Wildman–Crippen LogP) is 3.96. The molecule has 128 valence electrons. The van der Waals surface area contributed by atoms with Crippen LogP contribution in [0.15, 0.2) is 64.7 Å². The zero-order valence-electron chi connectivity index (χ0n) is 14.2. The summed E-state index contributed by atoms with van der Waals surface area (Å²) in [6.45, 7) is 1.88. The van der Waals surface area contributed by atoms with Gasteiger partial charge < -0.3 is 10.5 Å². The molecule has 3 aromatic rings. The lowest BCUT2D eigenvalue weighted by molar-refractivity contribution is 0.411. The molecule has 0 saturated carbocycles. The largest absolute Gasteiger partial charge is 0.496 e. The van der Waals surface area contributed by atoms with E-state index in [0.717, 1.165) is 28.3 Å². The molecule has 2 aromatic carbocycles. The Hall–Kier alpha value is -2.73. The van der Waals surface area contributed by atoms with Gasteiger partial charge in [0.25, 0.3) is 0 Å². The lowest BCUT2D eigenvalue weighted by Crippen LogP contribution is -1.97. The molecule has 0 amide bonds. The molecule has 0 aliphatic heterocycles. The minimum Gasteiger partial charge on any atom is -0.496 e. The molecule has 1 aromatic heterocycles. The molecule has 0 aliphatic carbocycles. The molecule has 1 heterocycles. The van der Waals surface area contributed by atoms with E-state index < -0.39 is 0 Å². The van der Waals surface area contributed by atoms with Crippen molar-refractivity contribution < 1.29 is 4.74 Å². The van der Waals surface area contributed by atoms with E-state index in [1.165, 1.54) is 4.90 Å². The minimum atomic E-state index is 0.372. The van der Waals surface area contributed by atoms with Gasteiger partial charge in [-0.3, -0.25) is 0 Å². The van der Waals surface area contributed by atoms with Crippen LogP contribution in [0.4, 0.5) is 5.95 Å². The van der Waals surface area contributed by atoms with Crippen LogP contribution in [0.3, 0.4) is 0 Å². The zero-order valence-corrected chi connectivity index (χ0v) is 15.0. The fraction of sp³-hybridized carbons (Fsp3) is 0.158. The first-order chi connectivity index (χ1) is 12.2. The van der Waals surface area contributed by atoms with Gasteiger partial charge in [0.15, 0.2) is 0 Å². The first-order valence-corrected chi connectivity index (χ1v) is 8.85. The topological polar surface area (TPSA) is 65.4 Å². The molecule has 0 aliphatic rings. The highest BCUT2D eigenvalue weighted by Gasteiger charge is 2.05. The smallest absolute Gasteiger partial charge is 0.221 e. The maximum atomic E-state index is 5.79. The summed E-state index contributed by atoms with van der Waals surface area (Å²) < 4.78 is 7.09. The van der Waals surface area contributed by atoms with Crippen LogP contribution < -0.4 is 10.5 Å². The van der Waals surface area contributed by atoms with Crippen LogP contribution in [0.5, 0.6) is 5.75 Å². The molecule has 6 heteroatoms. The molecule has 0 atom stereocenters. The second-order valence-corrected chi connectivity index (χ2v) is 6.55. The number of imidazole rings is 1. The first-order valence-electron chi connectivity index (χ1n) is 7.86. The monoisotopic (exact) mass is 352 g/mol. The van der Waals surface area contributed by atoms with Crippen molar-refractivity contribution in [2.45, 2.75) is 17.6 Å². The second-order valence-electron chi connectivity index (χ2n) is 5.50. The van der Waals surface area contributed by atoms with Gasteiger partial charge in [-0.25, -0.2) is 9.66 Å². The molecule has 2 N–H and O–H groups in total. The van der Waals surface area contributed by atoms with Crippen LogP contribution in [0.2, 0.25) is 0 Å². The number of nitrogen functional groups attached to an aromatic ring is 1. The van der Waals surface area contributed by atoms with Gasteiger partial charge in [-0.15, -0.1) is 11.8 Å². The third-order valence-electron chi connectivity index (χ3n) is 3.61. The summed E-state index contributed by atoms with van der Waals surface area (Å²) in [5.74, 6) is 2.07. The molecular weight excluding hydrogens is 332 g/mol. The van der Waals surface area contributed by atoms with E-state index in [-0.39, 0.29) is 0 Å². The lowest BCUT2D eigenvalue weighted by atomic mass is 10.1. The van der Waals surface area contributed by atoms with Gasteiger partial charge in [0, 0.05) is 16.2 Å². The van der Waals surface area contributed by atoms with Crippen molar-refractivity contribution in [2.24, 2.45) is 5.10 Å². The molecule has 0 saturated heterocycles. The summed E-state index contributed by atoms with van der Waals surface area (Å²) in [4.78, 5) is 5.36. The molecule has 0 fully saturated rings. The van der Waals surface area contributed by atoms with Gasteiger partial charge >= 0.3 is 0 Å². The van der Waals surface area contributed by atoms with Crippen molar-refractivity contribution in [2.75, 3.05) is 12.8 Å². The summed E-state index contributed by atoms with van der Waals surface area (Å²) in [5, 5.41) is 4.34. The number of nitrogens with zero attached hydrogens (tertiary/aromatic N) is 3. The highest BCUT2D eigenvalue weighted by atomic mass is 32.2. The molecule has 3 rings (SSSR count). The Labute approximate surface area is 151 Å². The second kappa shape index (κ2) is 7.90. The number of anilines is 1. The van der Waals surface area contributed by atoms with E-state index in [1.807, 2.05) is 37.3 Å². The average molecular weight is 352 g/mol. The number of nitrogens with two attached hydrogens (primary N) is 1. The van der Waals surface area contributed by atoms with Crippen LogP contribution in [0.1, 0.15) is 16.8 Å². The standard InChI is InChI=1S/C19H20N4OS/c1-14-12-23(19(20)22-14)21-11-15-8-9-16(18(10-15)24-2)13-25-17-6-4-3-5-7-17/h3-12H,13H2,1-2H3,(H2,20,22). The van der Waals surface area contributed by atoms with Crippen LogP contribution in [-0.4, -0.2) is 23.0 Å². The van der Waals surface area contributed by atoms with Crippen LogP contribution in [-0.2, 0) is 5.75 Å². The lowest BCUT2D eigenvalue weighted by Gasteiger charge is -2.09. The molecule has 0 unspecified atom stereocenters. The van der Waals surface area contributed by atoms with Crippen LogP contribution in [0.25, 0.3) is 0 Å². The number of methoxy groups -OCH3 is 1. The average Bonchev–Trinajstić information content (AvgIpc) is 2.96. The maximum Gasteiger partial charge on any atom is 0.221 e. The quantitative estimate of drug-likeness (QED) is 0.539. The maximum absolute atomic E-state index is 5.79. The SMILES string of the molecule is COc1cc(C=Nn2cc(C)nc2N)ccc1CSc1ccccc1. The summed E-state index contributed by atoms with van der Waals surface area (Å²) in [6.07, 6.45) is 3.53. The third kappa shape index (κ3) is 4.42. The number of benzene rings is 2. The Kier molecular flexibility index (Phi) is 5.40. The van der Waals surface area contributed by atoms with E-state index in [9.17, 15) is 0 Å². The fourth-order valence-corrected chi connectivity index (χ4v) is 3.27. The van der Waals surface area contributed by atoms with Gasteiger partial charge in [0.2, 0.25) is 5.95 Å². The van der Waals surface area contributed by atoms with Crippen molar-refractivity contribution in [1.82, 2.24) is 9.66 Å². The molecular formula is C19H20N4OS. The van der Waals surface area contributed by atoms with Crippen molar-refractivity contribution >= 4 is 23.9 Å². The Morgan fingerprint density at radius 2 is 2.04 bits per heavy atom. The van der Waals surface area contributed by atoms with Gasteiger partial charge in [-0.2, -0.15) is 5.10 Å². The molecule has 25 heavy (non-hydrogen) atoms. The van der Waals surface area contributed by atoms with Crippen molar-refractivity contribution in [3.05, 3.63) is 71.5 Å². The van der Waals surface area contributed by atoms with Gasteiger partial charge in [-0.1, -0.05) is 30.3 Å². The van der Waals surface area contributed by atoms with Crippen molar-refractivity contribution in [3.8, 4) is 5.75 Å². The first kappa shape index (κ1) is 17.1. The third-order valence-corrected chi connectivity index (χ3v) is 4.68. The van der Waals surface area contributed by atoms with E-state index in [0.29, 0.717) is 5.95 Å². The summed E-state index contributed by atoms with van der Waals surface area (Å²) >= 11 is 1.78. The van der Waals surface area contributed by atoms with E-state index in [1.54, 1.807) is 36.0 Å². The number of hydrogen-bond donors (Lipinski definition) is 1. The van der Waals surface area contributed by atoms with Crippen LogP contribution in [0, 0.1) is 6.92 Å². The number of aryl methyl sites for hydroxylation is 1. The normalized spacial score (nSPS) is 11.1. The number of ether oxygens (including phenoxy) is 1. The highest BCUT2D eigenvalue weighted by Crippen LogP contribution is 2.28. The molecule has 5 nitrogen and oxygen atoms in total. The van der Waals surface area contributed by atoms with E-state index in [2.05, 4.69) is 28.3 Å².